The normalized spacial score (nSPS) is 10.8. The fourth-order valence-electron chi connectivity index (χ4n) is 1.51. The molecule has 0 fully saturated rings. The molecule has 1 N–H and O–H groups in total. The average molecular weight is 456 g/mol. The fraction of sp³-hybridized carbons (Fsp3) is 0.429. The lowest BCUT2D eigenvalue weighted by atomic mass is 10.2. The number of halogens is 3. The van der Waals surface area contributed by atoms with Crippen molar-refractivity contribution in [2.45, 2.75) is 20.4 Å². The van der Waals surface area contributed by atoms with E-state index in [1.54, 1.807) is 0 Å². The molecule has 19 heavy (non-hydrogen) atoms. The van der Waals surface area contributed by atoms with Crippen LogP contribution in [0.25, 0.3) is 0 Å². The summed E-state index contributed by atoms with van der Waals surface area (Å²) < 4.78 is 8.36. The molecule has 0 bridgehead atoms. The Labute approximate surface area is 140 Å². The van der Waals surface area contributed by atoms with Gasteiger partial charge in [0.2, 0.25) is 0 Å². The third kappa shape index (κ3) is 6.43. The molecule has 0 unspecified atom stereocenters. The Morgan fingerprint density at radius 3 is 2.37 bits per heavy atom. The second kappa shape index (κ2) is 8.45. The number of benzene rings is 1. The van der Waals surface area contributed by atoms with Crippen molar-refractivity contribution in [3.63, 3.8) is 0 Å². The van der Waals surface area contributed by atoms with Crippen LogP contribution in [0.15, 0.2) is 32.1 Å². The smallest absolute Gasteiger partial charge is 0.148 e. The molecule has 0 saturated heterocycles. The van der Waals surface area contributed by atoms with Gasteiger partial charge in [-0.05, 0) is 62.0 Å². The molecule has 0 aliphatic heterocycles. The Morgan fingerprint density at radius 1 is 1.32 bits per heavy atom. The molecular formula is C14H18Br3NO. The van der Waals surface area contributed by atoms with E-state index in [1.165, 1.54) is 5.56 Å². The number of ether oxygens (including phenoxy) is 1. The van der Waals surface area contributed by atoms with E-state index in [-0.39, 0.29) is 0 Å². The van der Waals surface area contributed by atoms with Crippen molar-refractivity contribution >= 4 is 47.8 Å². The number of nitrogens with one attached hydrogen (secondary N) is 1. The highest BCUT2D eigenvalue weighted by Gasteiger charge is 2.09. The van der Waals surface area contributed by atoms with Crippen molar-refractivity contribution in [1.82, 2.24) is 5.32 Å². The Balaban J connectivity index is 2.70. The molecule has 1 aromatic carbocycles. The quantitative estimate of drug-likeness (QED) is 0.606. The Bertz CT molecular complexity index is 423. The first kappa shape index (κ1) is 17.2. The molecule has 0 saturated carbocycles. The zero-order valence-electron chi connectivity index (χ0n) is 11.1. The summed E-state index contributed by atoms with van der Waals surface area (Å²) in [5, 5.41) is 3.42. The van der Waals surface area contributed by atoms with Crippen LogP contribution in [0.5, 0.6) is 5.75 Å². The van der Waals surface area contributed by atoms with Crippen molar-refractivity contribution in [2.24, 2.45) is 5.92 Å². The topological polar surface area (TPSA) is 21.3 Å². The minimum Gasteiger partial charge on any atom is -0.486 e. The van der Waals surface area contributed by atoms with Gasteiger partial charge < -0.3 is 10.1 Å². The van der Waals surface area contributed by atoms with E-state index in [4.69, 9.17) is 4.74 Å². The van der Waals surface area contributed by atoms with Gasteiger partial charge in [-0.15, -0.1) is 0 Å². The van der Waals surface area contributed by atoms with E-state index >= 15 is 0 Å². The highest BCUT2D eigenvalue weighted by atomic mass is 79.9. The van der Waals surface area contributed by atoms with Crippen LogP contribution in [0.2, 0.25) is 0 Å². The summed E-state index contributed by atoms with van der Waals surface area (Å²) in [6.07, 6.45) is 0. The lowest BCUT2D eigenvalue weighted by molar-refractivity contribution is 0.356. The van der Waals surface area contributed by atoms with Crippen molar-refractivity contribution in [3.05, 3.63) is 37.7 Å². The molecule has 106 valence electrons. The number of hydrogen-bond donors (Lipinski definition) is 1. The van der Waals surface area contributed by atoms with Crippen LogP contribution in [0.4, 0.5) is 0 Å². The highest BCUT2D eigenvalue weighted by Crippen LogP contribution is 2.35. The van der Waals surface area contributed by atoms with Crippen LogP contribution in [-0.2, 0) is 6.54 Å². The summed E-state index contributed by atoms with van der Waals surface area (Å²) in [5.41, 5.74) is 1.21. The number of rotatable bonds is 7. The first-order valence-electron chi connectivity index (χ1n) is 6.05. The zero-order valence-corrected chi connectivity index (χ0v) is 15.9. The summed E-state index contributed by atoms with van der Waals surface area (Å²) in [5.74, 6) is 1.45. The predicted molar refractivity (Wildman–Crippen MR) is 91.9 cm³/mol. The molecule has 0 amide bonds. The van der Waals surface area contributed by atoms with Crippen LogP contribution in [0.3, 0.4) is 0 Å². The molecule has 2 nitrogen and oxygen atoms in total. The summed E-state index contributed by atoms with van der Waals surface area (Å²) in [7, 11) is 0. The maximum Gasteiger partial charge on any atom is 0.148 e. The van der Waals surface area contributed by atoms with E-state index in [0.29, 0.717) is 12.5 Å². The molecule has 0 atom stereocenters. The Hall–Kier alpha value is 0.160. The highest BCUT2D eigenvalue weighted by molar-refractivity contribution is 9.11. The van der Waals surface area contributed by atoms with E-state index in [2.05, 4.69) is 85.7 Å². The van der Waals surface area contributed by atoms with Crippen molar-refractivity contribution in [1.29, 1.82) is 0 Å². The second-order valence-electron chi connectivity index (χ2n) is 4.72. The van der Waals surface area contributed by atoms with Gasteiger partial charge in [-0.3, -0.25) is 0 Å². The molecular weight excluding hydrogens is 438 g/mol. The van der Waals surface area contributed by atoms with Crippen LogP contribution in [0.1, 0.15) is 19.4 Å². The lowest BCUT2D eigenvalue weighted by Crippen LogP contribution is -2.19. The molecule has 0 heterocycles. The molecule has 1 aromatic rings. The lowest BCUT2D eigenvalue weighted by Gasteiger charge is -2.13. The van der Waals surface area contributed by atoms with Crippen LogP contribution in [0, 0.1) is 5.92 Å². The minimum absolute atomic E-state index is 0.447. The second-order valence-corrected chi connectivity index (χ2v) is 7.55. The maximum absolute atomic E-state index is 5.67. The van der Waals surface area contributed by atoms with Crippen molar-refractivity contribution in [3.8, 4) is 5.75 Å². The van der Waals surface area contributed by atoms with E-state index in [0.717, 1.165) is 32.3 Å². The number of hydrogen-bond acceptors (Lipinski definition) is 2. The first-order valence-corrected chi connectivity index (χ1v) is 8.42. The Kier molecular flexibility index (Phi) is 7.65. The van der Waals surface area contributed by atoms with Gasteiger partial charge in [-0.1, -0.05) is 36.4 Å². The fourth-order valence-corrected chi connectivity index (χ4v) is 3.13. The van der Waals surface area contributed by atoms with Crippen LogP contribution in [-0.4, -0.2) is 13.2 Å². The molecule has 5 heteroatoms. The summed E-state index contributed by atoms with van der Waals surface area (Å²) >= 11 is 10.4. The third-order valence-electron chi connectivity index (χ3n) is 2.31. The summed E-state index contributed by atoms with van der Waals surface area (Å²) in [6, 6.07) is 4.15. The first-order chi connectivity index (χ1) is 8.90. The van der Waals surface area contributed by atoms with Gasteiger partial charge in [0, 0.05) is 11.0 Å². The van der Waals surface area contributed by atoms with Gasteiger partial charge in [0.25, 0.3) is 0 Å². The van der Waals surface area contributed by atoms with E-state index in [1.807, 2.05) is 0 Å². The summed E-state index contributed by atoms with van der Waals surface area (Å²) in [4.78, 5) is 0. The zero-order chi connectivity index (χ0) is 14.4. The monoisotopic (exact) mass is 453 g/mol. The van der Waals surface area contributed by atoms with Crippen molar-refractivity contribution in [2.75, 3.05) is 13.2 Å². The largest absolute Gasteiger partial charge is 0.486 e. The standard InChI is InChI=1S/C14H18Br3NO/c1-9(2)6-18-7-11-4-12(16)14(13(17)5-11)19-8-10(3)15/h4-5,9,18H,3,6-8H2,1-2H3. The van der Waals surface area contributed by atoms with Crippen molar-refractivity contribution < 1.29 is 4.74 Å². The molecule has 0 radical (unpaired) electrons. The van der Waals surface area contributed by atoms with Gasteiger partial charge in [-0.2, -0.15) is 0 Å². The van der Waals surface area contributed by atoms with Gasteiger partial charge >= 0.3 is 0 Å². The Morgan fingerprint density at radius 2 is 1.89 bits per heavy atom. The molecule has 1 rings (SSSR count). The van der Waals surface area contributed by atoms with Crippen LogP contribution < -0.4 is 10.1 Å². The van der Waals surface area contributed by atoms with Crippen LogP contribution >= 0.6 is 47.8 Å². The van der Waals surface area contributed by atoms with Gasteiger partial charge in [0.15, 0.2) is 0 Å². The van der Waals surface area contributed by atoms with Gasteiger partial charge in [-0.25, -0.2) is 0 Å². The predicted octanol–water partition coefficient (Wildman–Crippen LogP) is 5.24. The van der Waals surface area contributed by atoms with E-state index < -0.39 is 0 Å². The molecule has 0 aliphatic carbocycles. The average Bonchev–Trinajstić information content (AvgIpc) is 2.26. The summed E-state index contributed by atoms with van der Waals surface area (Å²) in [6.45, 7) is 10.5. The SMILES string of the molecule is C=C(Br)COc1c(Br)cc(CNCC(C)C)cc1Br. The molecule has 0 aliphatic rings. The molecule has 0 spiro atoms. The maximum atomic E-state index is 5.67. The van der Waals surface area contributed by atoms with Gasteiger partial charge in [0.05, 0.1) is 8.95 Å². The minimum atomic E-state index is 0.447. The van der Waals surface area contributed by atoms with Gasteiger partial charge in [0.1, 0.15) is 12.4 Å². The van der Waals surface area contributed by atoms with E-state index in [9.17, 15) is 0 Å². The third-order valence-corrected chi connectivity index (χ3v) is 3.72. The molecule has 0 aromatic heterocycles.